The average Bonchev–Trinajstić information content (AvgIpc) is 2.65. The van der Waals surface area contributed by atoms with E-state index in [0.717, 1.165) is 25.7 Å². The van der Waals surface area contributed by atoms with Crippen LogP contribution in [0.25, 0.3) is 0 Å². The first-order chi connectivity index (χ1) is 11.8. The summed E-state index contributed by atoms with van der Waals surface area (Å²) >= 11 is 0. The second-order valence-corrected chi connectivity index (χ2v) is 5.41. The van der Waals surface area contributed by atoms with E-state index >= 15 is 0 Å². The van der Waals surface area contributed by atoms with E-state index in [1.807, 2.05) is 0 Å². The Hall–Kier alpha value is -2.76. The number of amides is 2. The summed E-state index contributed by atoms with van der Waals surface area (Å²) in [5.74, 6) is -0.182. The predicted molar refractivity (Wildman–Crippen MR) is 91.6 cm³/mol. The third-order valence-corrected chi connectivity index (χ3v) is 3.52. The number of hydrogen-bond acceptors (Lipinski definition) is 4. The minimum Gasteiger partial charge on any atom is -0.352 e. The molecule has 2 N–H and O–H groups in total. The summed E-state index contributed by atoms with van der Waals surface area (Å²) in [5.41, 5.74) is 1.16. The predicted octanol–water partition coefficient (Wildman–Crippen LogP) is 2.20. The summed E-state index contributed by atoms with van der Waals surface area (Å²) in [6.07, 6.45) is 10.3. The molecule has 0 aliphatic carbocycles. The van der Waals surface area contributed by atoms with Gasteiger partial charge in [0.05, 0.1) is 11.1 Å². The van der Waals surface area contributed by atoms with Gasteiger partial charge in [0.2, 0.25) is 0 Å². The Morgan fingerprint density at radius 2 is 1.21 bits per heavy atom. The highest BCUT2D eigenvalue weighted by molar-refractivity contribution is 5.94. The zero-order valence-corrected chi connectivity index (χ0v) is 13.6. The standard InChI is InChI=1S/C18H22N4O2/c23-17(15-7-5-9-19-13-15)21-11-3-1-2-4-12-22-18(24)16-8-6-10-20-14-16/h5-10,13-14H,1-4,11-12H2,(H,21,23)(H,22,24). The summed E-state index contributed by atoms with van der Waals surface area (Å²) < 4.78 is 0. The number of unbranched alkanes of at least 4 members (excludes halogenated alkanes) is 3. The normalized spacial score (nSPS) is 10.2. The summed E-state index contributed by atoms with van der Waals surface area (Å²) in [5, 5.41) is 5.75. The minimum absolute atomic E-state index is 0.0909. The molecule has 2 amide bonds. The fraction of sp³-hybridized carbons (Fsp3) is 0.333. The van der Waals surface area contributed by atoms with E-state index in [1.165, 1.54) is 0 Å². The van der Waals surface area contributed by atoms with E-state index in [0.29, 0.717) is 24.2 Å². The molecule has 24 heavy (non-hydrogen) atoms. The molecular weight excluding hydrogens is 304 g/mol. The van der Waals surface area contributed by atoms with Crippen molar-refractivity contribution in [2.45, 2.75) is 25.7 Å². The molecular formula is C18H22N4O2. The molecule has 126 valence electrons. The lowest BCUT2D eigenvalue weighted by Crippen LogP contribution is -2.25. The van der Waals surface area contributed by atoms with Gasteiger partial charge in [-0.05, 0) is 37.1 Å². The molecule has 0 radical (unpaired) electrons. The van der Waals surface area contributed by atoms with Gasteiger partial charge in [0.1, 0.15) is 0 Å². The number of nitrogens with zero attached hydrogens (tertiary/aromatic N) is 2. The van der Waals surface area contributed by atoms with Gasteiger partial charge in [0, 0.05) is 37.9 Å². The molecule has 6 nitrogen and oxygen atoms in total. The average molecular weight is 326 g/mol. The molecule has 0 aliphatic heterocycles. The van der Waals surface area contributed by atoms with Crippen molar-refractivity contribution < 1.29 is 9.59 Å². The van der Waals surface area contributed by atoms with Crippen molar-refractivity contribution in [2.75, 3.05) is 13.1 Å². The Balaban J connectivity index is 1.48. The Bertz CT molecular complexity index is 574. The Kier molecular flexibility index (Phi) is 7.40. The van der Waals surface area contributed by atoms with Gasteiger partial charge in [-0.2, -0.15) is 0 Å². The van der Waals surface area contributed by atoms with Gasteiger partial charge >= 0.3 is 0 Å². The lowest BCUT2D eigenvalue weighted by Gasteiger charge is -2.06. The van der Waals surface area contributed by atoms with Crippen LogP contribution in [0.15, 0.2) is 49.1 Å². The summed E-state index contributed by atoms with van der Waals surface area (Å²) in [7, 11) is 0. The number of pyridine rings is 2. The third-order valence-electron chi connectivity index (χ3n) is 3.52. The molecule has 2 rings (SSSR count). The highest BCUT2D eigenvalue weighted by Crippen LogP contribution is 2.00. The fourth-order valence-corrected chi connectivity index (χ4v) is 2.21. The highest BCUT2D eigenvalue weighted by atomic mass is 16.2. The molecule has 0 saturated heterocycles. The minimum atomic E-state index is -0.0909. The first kappa shape index (κ1) is 17.6. The van der Waals surface area contributed by atoms with E-state index < -0.39 is 0 Å². The largest absolute Gasteiger partial charge is 0.352 e. The van der Waals surface area contributed by atoms with E-state index in [9.17, 15) is 9.59 Å². The topological polar surface area (TPSA) is 84.0 Å². The molecule has 2 heterocycles. The maximum atomic E-state index is 11.8. The third kappa shape index (κ3) is 6.16. The van der Waals surface area contributed by atoms with Gasteiger partial charge in [-0.25, -0.2) is 0 Å². The molecule has 0 fully saturated rings. The Morgan fingerprint density at radius 3 is 1.58 bits per heavy atom. The lowest BCUT2D eigenvalue weighted by atomic mass is 10.2. The van der Waals surface area contributed by atoms with Crippen LogP contribution in [-0.4, -0.2) is 34.9 Å². The van der Waals surface area contributed by atoms with Crippen LogP contribution in [-0.2, 0) is 0 Å². The molecule has 0 bridgehead atoms. The van der Waals surface area contributed by atoms with Gasteiger partial charge in [-0.3, -0.25) is 19.6 Å². The number of hydrogen-bond donors (Lipinski definition) is 2. The zero-order valence-electron chi connectivity index (χ0n) is 13.6. The van der Waals surface area contributed by atoms with E-state index in [-0.39, 0.29) is 11.8 Å². The fourth-order valence-electron chi connectivity index (χ4n) is 2.21. The van der Waals surface area contributed by atoms with Crippen LogP contribution in [0.5, 0.6) is 0 Å². The molecule has 0 unspecified atom stereocenters. The quantitative estimate of drug-likeness (QED) is 0.692. The van der Waals surface area contributed by atoms with E-state index in [1.54, 1.807) is 49.1 Å². The smallest absolute Gasteiger partial charge is 0.252 e. The monoisotopic (exact) mass is 326 g/mol. The number of carbonyl (C=O) groups excluding carboxylic acids is 2. The van der Waals surface area contributed by atoms with Crippen molar-refractivity contribution in [3.8, 4) is 0 Å². The van der Waals surface area contributed by atoms with Gasteiger partial charge in [-0.15, -0.1) is 0 Å². The summed E-state index contributed by atoms with van der Waals surface area (Å²) in [6, 6.07) is 6.98. The first-order valence-corrected chi connectivity index (χ1v) is 8.14. The second-order valence-electron chi connectivity index (χ2n) is 5.41. The number of aromatic nitrogens is 2. The van der Waals surface area contributed by atoms with Crippen molar-refractivity contribution >= 4 is 11.8 Å². The van der Waals surface area contributed by atoms with Crippen LogP contribution in [0, 0.1) is 0 Å². The lowest BCUT2D eigenvalue weighted by molar-refractivity contribution is 0.0943. The van der Waals surface area contributed by atoms with Crippen LogP contribution in [0.1, 0.15) is 46.4 Å². The molecule has 6 heteroatoms. The second kappa shape index (κ2) is 10.1. The van der Waals surface area contributed by atoms with Crippen molar-refractivity contribution in [2.24, 2.45) is 0 Å². The molecule has 0 aromatic carbocycles. The highest BCUT2D eigenvalue weighted by Gasteiger charge is 2.04. The van der Waals surface area contributed by atoms with Crippen LogP contribution in [0.3, 0.4) is 0 Å². The molecule has 2 aromatic rings. The van der Waals surface area contributed by atoms with Gasteiger partial charge in [0.25, 0.3) is 11.8 Å². The summed E-state index contributed by atoms with van der Waals surface area (Å²) in [6.45, 7) is 1.30. The molecule has 0 saturated carbocycles. The van der Waals surface area contributed by atoms with Crippen LogP contribution < -0.4 is 10.6 Å². The molecule has 0 atom stereocenters. The maximum Gasteiger partial charge on any atom is 0.252 e. The van der Waals surface area contributed by atoms with Crippen LogP contribution in [0.2, 0.25) is 0 Å². The van der Waals surface area contributed by atoms with Crippen LogP contribution >= 0.6 is 0 Å². The molecule has 2 aromatic heterocycles. The summed E-state index contributed by atoms with van der Waals surface area (Å²) in [4.78, 5) is 31.4. The van der Waals surface area contributed by atoms with Gasteiger partial charge < -0.3 is 10.6 Å². The van der Waals surface area contributed by atoms with Crippen LogP contribution in [0.4, 0.5) is 0 Å². The molecule has 0 aliphatic rings. The first-order valence-electron chi connectivity index (χ1n) is 8.14. The van der Waals surface area contributed by atoms with Crippen molar-refractivity contribution in [1.29, 1.82) is 0 Å². The van der Waals surface area contributed by atoms with Gasteiger partial charge in [0.15, 0.2) is 0 Å². The van der Waals surface area contributed by atoms with Crippen molar-refractivity contribution in [3.63, 3.8) is 0 Å². The Labute approximate surface area is 141 Å². The zero-order chi connectivity index (χ0) is 17.0. The Morgan fingerprint density at radius 1 is 0.750 bits per heavy atom. The van der Waals surface area contributed by atoms with E-state index in [4.69, 9.17) is 0 Å². The van der Waals surface area contributed by atoms with E-state index in [2.05, 4.69) is 20.6 Å². The molecule has 0 spiro atoms. The maximum absolute atomic E-state index is 11.8. The van der Waals surface area contributed by atoms with Gasteiger partial charge in [-0.1, -0.05) is 12.8 Å². The van der Waals surface area contributed by atoms with Crippen molar-refractivity contribution in [3.05, 3.63) is 60.2 Å². The number of carbonyl (C=O) groups is 2. The number of rotatable bonds is 9. The number of nitrogens with one attached hydrogen (secondary N) is 2. The van der Waals surface area contributed by atoms with Crippen molar-refractivity contribution in [1.82, 2.24) is 20.6 Å². The SMILES string of the molecule is O=C(NCCCCCCNC(=O)c1cccnc1)c1cccnc1.